The number of amidine groups is 2. The maximum Gasteiger partial charge on any atom is 0.137 e. The van der Waals surface area contributed by atoms with Gasteiger partial charge in [-0.25, -0.2) is 15.0 Å². The van der Waals surface area contributed by atoms with Gasteiger partial charge in [0.1, 0.15) is 27.3 Å². The van der Waals surface area contributed by atoms with E-state index in [0.29, 0.717) is 0 Å². The minimum absolute atomic E-state index is 0. The van der Waals surface area contributed by atoms with E-state index in [9.17, 15) is 0 Å². The van der Waals surface area contributed by atoms with Crippen LogP contribution in [0.15, 0.2) is 188 Å². The summed E-state index contributed by atoms with van der Waals surface area (Å²) in [7, 11) is 0. The highest BCUT2D eigenvalue weighted by Crippen LogP contribution is 2.36. The molecule has 2 aliphatic carbocycles. The van der Waals surface area contributed by atoms with Gasteiger partial charge in [-0.05, 0) is 130 Å². The first kappa shape index (κ1) is 43.3. The van der Waals surface area contributed by atoms with Gasteiger partial charge in [0.2, 0.25) is 0 Å². The number of thioether (sulfide) groups is 1. The Balaban J connectivity index is 0.0000000965. The molecule has 6 aliphatic heterocycles. The topological polar surface area (TPSA) is 72.2 Å². The molecule has 0 amide bonds. The van der Waals surface area contributed by atoms with E-state index < -0.39 is 0 Å². The second-order valence-corrected chi connectivity index (χ2v) is 19.3. The molecule has 4 aromatic heterocycles. The molecule has 10 heteroatoms. The molecule has 3 aromatic carbocycles. The van der Waals surface area contributed by atoms with Gasteiger partial charge in [-0.15, -0.1) is 34.4 Å². The van der Waals surface area contributed by atoms with Crippen LogP contribution < -0.4 is 0 Å². The van der Waals surface area contributed by atoms with Crippen LogP contribution in [-0.2, 0) is 32.4 Å². The van der Waals surface area contributed by atoms with E-state index in [1.165, 1.54) is 96.2 Å². The Labute approximate surface area is 399 Å². The van der Waals surface area contributed by atoms with Crippen LogP contribution in [0.3, 0.4) is 0 Å². The zero-order chi connectivity index (χ0) is 43.4. The summed E-state index contributed by atoms with van der Waals surface area (Å²) in [4.78, 5) is 28.0. The molecule has 15 rings (SSSR count). The molecule has 0 saturated heterocycles. The van der Waals surface area contributed by atoms with Crippen molar-refractivity contribution in [2.75, 3.05) is 12.3 Å². The van der Waals surface area contributed by atoms with E-state index in [-0.39, 0.29) is 7.43 Å². The fraction of sp³-hybridized carbons (Fsp3) is 0.179. The normalized spacial score (nSPS) is 16.7. The molecule has 66 heavy (non-hydrogen) atoms. The van der Waals surface area contributed by atoms with Crippen LogP contribution in [0.5, 0.6) is 0 Å². The number of pyridine rings is 1. The summed E-state index contributed by atoms with van der Waals surface area (Å²) < 4.78 is 0. The van der Waals surface area contributed by atoms with E-state index >= 15 is 0 Å². The minimum Gasteiger partial charge on any atom is -0.346 e. The number of hydrogen-bond donors (Lipinski definition) is 1. The lowest BCUT2D eigenvalue weighted by Crippen LogP contribution is -2.27. The number of aryl methyl sites for hydroxylation is 2. The van der Waals surface area contributed by atoms with Crippen LogP contribution >= 0.6 is 34.4 Å². The first-order valence-electron chi connectivity index (χ1n) is 22.3. The van der Waals surface area contributed by atoms with Gasteiger partial charge in [0.15, 0.2) is 0 Å². The number of aromatic amines is 1. The lowest BCUT2D eigenvalue weighted by molar-refractivity contribution is 0.544. The number of nitrogens with one attached hydrogen (secondary N) is 1. The maximum atomic E-state index is 4.55. The largest absolute Gasteiger partial charge is 0.346 e. The predicted molar refractivity (Wildman–Crippen MR) is 283 cm³/mol. The molecule has 7 aromatic rings. The fourth-order valence-electron chi connectivity index (χ4n) is 9.10. The van der Waals surface area contributed by atoms with E-state index in [2.05, 4.69) is 161 Å². The third-order valence-corrected chi connectivity index (χ3v) is 15.2. The molecule has 7 nitrogen and oxygen atoms in total. The highest BCUT2D eigenvalue weighted by atomic mass is 32.2. The number of hydrogen-bond acceptors (Lipinski definition) is 9. The number of fused-ring (bicyclic) bond motifs is 13. The van der Waals surface area contributed by atoms with Gasteiger partial charge in [0.05, 0.1) is 25.3 Å². The number of rotatable bonds is 0. The van der Waals surface area contributed by atoms with E-state index in [0.717, 1.165) is 54.3 Å². The minimum atomic E-state index is 0. The van der Waals surface area contributed by atoms with Crippen LogP contribution in [0.1, 0.15) is 59.2 Å². The number of nitrogens with zero attached hydrogens (tertiary/aromatic N) is 6. The summed E-state index contributed by atoms with van der Waals surface area (Å²) in [6.07, 6.45) is 33.2. The molecule has 0 bridgehead atoms. The summed E-state index contributed by atoms with van der Waals surface area (Å²) >= 11 is 5.37. The van der Waals surface area contributed by atoms with Crippen LogP contribution in [0.4, 0.5) is 10.8 Å². The van der Waals surface area contributed by atoms with Crippen molar-refractivity contribution in [1.29, 1.82) is 0 Å². The molecular formula is C56H51N7S3. The number of aromatic nitrogens is 2. The van der Waals surface area contributed by atoms with Crippen LogP contribution in [0, 0.1) is 0 Å². The summed E-state index contributed by atoms with van der Waals surface area (Å²) in [6, 6.07) is 28.0. The Kier molecular flexibility index (Phi) is 13.0. The lowest BCUT2D eigenvalue weighted by Gasteiger charge is -2.25. The average Bonchev–Trinajstić information content (AvgIpc) is 4.24. The van der Waals surface area contributed by atoms with Crippen molar-refractivity contribution in [2.45, 2.75) is 57.5 Å². The Morgan fingerprint density at radius 2 is 1.47 bits per heavy atom. The van der Waals surface area contributed by atoms with Crippen LogP contribution in [0.2, 0.25) is 0 Å². The van der Waals surface area contributed by atoms with Crippen molar-refractivity contribution in [2.24, 2.45) is 15.0 Å². The Bertz CT molecular complexity index is 3120. The molecule has 8 aliphatic rings. The first-order chi connectivity index (χ1) is 32.2. The summed E-state index contributed by atoms with van der Waals surface area (Å²) in [5.41, 5.74) is 12.5. The monoisotopic (exact) mass is 917 g/mol. The molecule has 0 fully saturated rings. The summed E-state index contributed by atoms with van der Waals surface area (Å²) in [5.74, 6) is 4.15. The molecule has 328 valence electrons. The second-order valence-electron chi connectivity index (χ2n) is 16.5. The van der Waals surface area contributed by atoms with Crippen LogP contribution in [0.25, 0.3) is 27.1 Å². The third kappa shape index (κ3) is 9.14. The molecule has 1 N–H and O–H groups in total. The van der Waals surface area contributed by atoms with Gasteiger partial charge >= 0.3 is 0 Å². The number of thiophene rings is 2. The van der Waals surface area contributed by atoms with Gasteiger partial charge in [-0.3, -0.25) is 4.99 Å². The van der Waals surface area contributed by atoms with Crippen molar-refractivity contribution in [1.82, 2.24) is 19.8 Å². The smallest absolute Gasteiger partial charge is 0.137 e. The lowest BCUT2D eigenvalue weighted by atomic mass is 9.92. The zero-order valence-electron chi connectivity index (χ0n) is 35.9. The average molecular weight is 918 g/mol. The predicted octanol–water partition coefficient (Wildman–Crippen LogP) is 14.4. The van der Waals surface area contributed by atoms with Gasteiger partial charge in [0, 0.05) is 57.5 Å². The van der Waals surface area contributed by atoms with Crippen molar-refractivity contribution in [3.63, 3.8) is 0 Å². The number of benzene rings is 3. The standard InChI is InChI=1S/C13H10.C11H9NS.C11H11NS.C10H9N3.C10H8N2S.CH4/c1-2-6-12-10(4-1)8-9-11-5-3-7-13(11)12;1-2-4-10-9(3-1)11-8(7-13-10)5-6-12-11;1-2-4-9-8(3-1)7-12-11-10(9)5-6-13-11;1-2-6-13-7-8-4-5-11-10(8)12-9(13)3-1;1-2-5-12-7-8-4-6-13-10(8)11-9(12)3-1;/h1-4,6-9H,5H2;1-5H,6-7H2;5-7H,1-4H2;1-6,11H,7H2;1-6H,7H2;1H4. The molecule has 10 heterocycles. The van der Waals surface area contributed by atoms with Crippen molar-refractivity contribution in [3.05, 3.63) is 208 Å². The second kappa shape index (κ2) is 19.9. The molecule has 0 saturated carbocycles. The van der Waals surface area contributed by atoms with Crippen molar-refractivity contribution >= 4 is 89.7 Å². The third-order valence-electron chi connectivity index (χ3n) is 12.4. The van der Waals surface area contributed by atoms with Gasteiger partial charge < -0.3 is 14.8 Å². The summed E-state index contributed by atoms with van der Waals surface area (Å²) in [5, 5.41) is 9.53. The fourth-order valence-corrected chi connectivity index (χ4v) is 11.7. The summed E-state index contributed by atoms with van der Waals surface area (Å²) in [6.45, 7) is 2.75. The molecule has 0 spiro atoms. The van der Waals surface area contributed by atoms with E-state index in [1.54, 1.807) is 28.2 Å². The molecular weight excluding hydrogens is 867 g/mol. The van der Waals surface area contributed by atoms with E-state index in [1.807, 2.05) is 54.4 Å². The zero-order valence-corrected chi connectivity index (χ0v) is 38.4. The van der Waals surface area contributed by atoms with Gasteiger partial charge in [0.25, 0.3) is 0 Å². The van der Waals surface area contributed by atoms with E-state index in [4.69, 9.17) is 0 Å². The number of aliphatic imine (C=N–C) groups is 3. The van der Waals surface area contributed by atoms with Crippen molar-refractivity contribution < 1.29 is 0 Å². The Morgan fingerprint density at radius 3 is 2.38 bits per heavy atom. The quantitative estimate of drug-likeness (QED) is 0.164. The van der Waals surface area contributed by atoms with Gasteiger partial charge in [-0.2, -0.15) is 0 Å². The first-order valence-corrected chi connectivity index (χ1v) is 25.1. The highest BCUT2D eigenvalue weighted by Gasteiger charge is 2.22. The molecule has 0 unspecified atom stereocenters. The SMILES string of the molecule is C.C1=C2CSc3ccccc3C2=NC1.C1=CC2=Nc3[nH]ccc3CN2C=C1.C1=CC2=Nc3sccc3CN2C=C1.C1=Cc2c(ccc3ccccc23)C1.c1cc2c3c(cnc2s1)CCCC3. The number of H-pyrrole nitrogens is 1. The van der Waals surface area contributed by atoms with Gasteiger partial charge in [-0.1, -0.05) is 92.4 Å². The molecule has 0 radical (unpaired) electrons. The maximum absolute atomic E-state index is 4.55. The highest BCUT2D eigenvalue weighted by molar-refractivity contribution is 7.99. The van der Waals surface area contributed by atoms with Crippen LogP contribution in [-0.4, -0.2) is 49.4 Å². The molecule has 0 atom stereocenters. The Hall–Kier alpha value is -6.59. The Morgan fingerprint density at radius 1 is 0.667 bits per heavy atom. The number of allylic oxidation sites excluding steroid dienone is 5. The van der Waals surface area contributed by atoms with Crippen molar-refractivity contribution in [3.8, 4) is 0 Å².